The standard InChI is InChI=1S/C15H18N2/c1-11(12-5-3-2-4-6-12)14-8-7-13-9-10-16-15(13)17-14/h7-10,12H,1-6H2,(H,16,17). The molecule has 2 aromatic rings. The molecule has 0 saturated heterocycles. The predicted molar refractivity (Wildman–Crippen MR) is 71.7 cm³/mol. The first kappa shape index (κ1) is 10.6. The van der Waals surface area contributed by atoms with Gasteiger partial charge in [0.2, 0.25) is 0 Å². The monoisotopic (exact) mass is 226 g/mol. The second-order valence-corrected chi connectivity index (χ2v) is 4.97. The van der Waals surface area contributed by atoms with E-state index in [4.69, 9.17) is 0 Å². The number of H-pyrrole nitrogens is 1. The molecule has 0 radical (unpaired) electrons. The highest BCUT2D eigenvalue weighted by Crippen LogP contribution is 2.33. The van der Waals surface area contributed by atoms with Crippen molar-refractivity contribution in [2.75, 3.05) is 0 Å². The first-order chi connectivity index (χ1) is 8.34. The zero-order valence-electron chi connectivity index (χ0n) is 10.1. The van der Waals surface area contributed by atoms with Gasteiger partial charge in [-0.3, -0.25) is 0 Å². The van der Waals surface area contributed by atoms with Crippen molar-refractivity contribution in [2.45, 2.75) is 32.1 Å². The largest absolute Gasteiger partial charge is 0.346 e. The highest BCUT2D eigenvalue weighted by atomic mass is 14.8. The summed E-state index contributed by atoms with van der Waals surface area (Å²) < 4.78 is 0. The maximum absolute atomic E-state index is 4.66. The van der Waals surface area contributed by atoms with Gasteiger partial charge >= 0.3 is 0 Å². The normalized spacial score (nSPS) is 17.4. The molecular formula is C15H18N2. The van der Waals surface area contributed by atoms with Gasteiger partial charge in [-0.25, -0.2) is 4.98 Å². The zero-order chi connectivity index (χ0) is 11.7. The van der Waals surface area contributed by atoms with Gasteiger partial charge in [-0.05, 0) is 42.5 Å². The second kappa shape index (κ2) is 4.36. The highest BCUT2D eigenvalue weighted by Gasteiger charge is 2.18. The van der Waals surface area contributed by atoms with Crippen LogP contribution < -0.4 is 0 Å². The molecule has 0 bridgehead atoms. The molecule has 1 aliphatic rings. The number of hydrogen-bond acceptors (Lipinski definition) is 1. The molecule has 1 saturated carbocycles. The summed E-state index contributed by atoms with van der Waals surface area (Å²) in [6.07, 6.45) is 8.56. The van der Waals surface area contributed by atoms with Gasteiger partial charge in [0, 0.05) is 11.6 Å². The van der Waals surface area contributed by atoms with E-state index in [0.717, 1.165) is 11.3 Å². The van der Waals surface area contributed by atoms with Crippen LogP contribution in [0.4, 0.5) is 0 Å². The van der Waals surface area contributed by atoms with E-state index in [1.807, 2.05) is 6.20 Å². The van der Waals surface area contributed by atoms with Crippen molar-refractivity contribution in [1.29, 1.82) is 0 Å². The van der Waals surface area contributed by atoms with E-state index >= 15 is 0 Å². The predicted octanol–water partition coefficient (Wildman–Crippen LogP) is 4.16. The minimum atomic E-state index is 0.642. The Kier molecular flexibility index (Phi) is 2.71. The Morgan fingerprint density at radius 2 is 2.00 bits per heavy atom. The first-order valence-corrected chi connectivity index (χ1v) is 6.48. The van der Waals surface area contributed by atoms with E-state index in [1.54, 1.807) is 0 Å². The lowest BCUT2D eigenvalue weighted by molar-refractivity contribution is 0.429. The summed E-state index contributed by atoms with van der Waals surface area (Å²) in [6, 6.07) is 6.28. The van der Waals surface area contributed by atoms with Crippen molar-refractivity contribution in [2.24, 2.45) is 5.92 Å². The molecule has 2 heteroatoms. The second-order valence-electron chi connectivity index (χ2n) is 4.97. The van der Waals surface area contributed by atoms with Crippen LogP contribution in [0, 0.1) is 5.92 Å². The Labute approximate surface area is 102 Å². The number of fused-ring (bicyclic) bond motifs is 1. The van der Waals surface area contributed by atoms with Crippen molar-refractivity contribution in [3.05, 3.63) is 36.7 Å². The van der Waals surface area contributed by atoms with E-state index in [0.29, 0.717) is 5.92 Å². The molecule has 0 atom stereocenters. The third kappa shape index (κ3) is 1.99. The van der Waals surface area contributed by atoms with Crippen LogP contribution in [-0.2, 0) is 0 Å². The molecule has 0 aliphatic heterocycles. The zero-order valence-corrected chi connectivity index (χ0v) is 10.1. The molecule has 2 heterocycles. The summed E-state index contributed by atoms with van der Waals surface area (Å²) in [6.45, 7) is 4.26. The van der Waals surface area contributed by atoms with Crippen LogP contribution >= 0.6 is 0 Å². The lowest BCUT2D eigenvalue weighted by Crippen LogP contribution is -2.08. The molecule has 0 spiro atoms. The topological polar surface area (TPSA) is 28.7 Å². The summed E-state index contributed by atoms with van der Waals surface area (Å²) in [5, 5.41) is 1.17. The van der Waals surface area contributed by atoms with Gasteiger partial charge in [0.15, 0.2) is 0 Å². The molecule has 1 aliphatic carbocycles. The smallest absolute Gasteiger partial charge is 0.137 e. The third-order valence-corrected chi connectivity index (χ3v) is 3.84. The molecule has 2 nitrogen and oxygen atoms in total. The first-order valence-electron chi connectivity index (χ1n) is 6.48. The molecule has 1 fully saturated rings. The Morgan fingerprint density at radius 3 is 2.82 bits per heavy atom. The molecule has 2 aromatic heterocycles. The minimum Gasteiger partial charge on any atom is -0.346 e. The van der Waals surface area contributed by atoms with E-state index in [-0.39, 0.29) is 0 Å². The maximum Gasteiger partial charge on any atom is 0.137 e. The number of hydrogen-bond donors (Lipinski definition) is 1. The van der Waals surface area contributed by atoms with Gasteiger partial charge in [0.25, 0.3) is 0 Å². The quantitative estimate of drug-likeness (QED) is 0.818. The number of nitrogens with one attached hydrogen (secondary N) is 1. The molecule has 3 rings (SSSR count). The summed E-state index contributed by atoms with van der Waals surface area (Å²) in [5.41, 5.74) is 3.26. The van der Waals surface area contributed by atoms with Crippen molar-refractivity contribution in [3.8, 4) is 0 Å². The number of rotatable bonds is 2. The van der Waals surface area contributed by atoms with Crippen LogP contribution in [0.2, 0.25) is 0 Å². The van der Waals surface area contributed by atoms with Crippen molar-refractivity contribution in [1.82, 2.24) is 9.97 Å². The Balaban J connectivity index is 1.88. The van der Waals surface area contributed by atoms with Crippen LogP contribution in [0.3, 0.4) is 0 Å². The number of aromatic amines is 1. The molecule has 1 N–H and O–H groups in total. The fourth-order valence-electron chi connectivity index (χ4n) is 2.77. The van der Waals surface area contributed by atoms with E-state index < -0.39 is 0 Å². The average molecular weight is 226 g/mol. The average Bonchev–Trinajstić information content (AvgIpc) is 2.86. The minimum absolute atomic E-state index is 0.642. The van der Waals surface area contributed by atoms with Gasteiger partial charge < -0.3 is 4.98 Å². The van der Waals surface area contributed by atoms with Gasteiger partial charge in [0.1, 0.15) is 5.65 Å². The summed E-state index contributed by atoms with van der Waals surface area (Å²) in [4.78, 5) is 7.82. The van der Waals surface area contributed by atoms with Crippen LogP contribution in [0.25, 0.3) is 16.6 Å². The van der Waals surface area contributed by atoms with Gasteiger partial charge in [-0.2, -0.15) is 0 Å². The summed E-state index contributed by atoms with van der Waals surface area (Å²) in [7, 11) is 0. The van der Waals surface area contributed by atoms with E-state index in [1.165, 1.54) is 43.1 Å². The number of pyridine rings is 1. The van der Waals surface area contributed by atoms with Crippen molar-refractivity contribution in [3.63, 3.8) is 0 Å². The summed E-state index contributed by atoms with van der Waals surface area (Å²) in [5.74, 6) is 0.642. The fourth-order valence-corrected chi connectivity index (χ4v) is 2.77. The van der Waals surface area contributed by atoms with Gasteiger partial charge in [0.05, 0.1) is 5.69 Å². The van der Waals surface area contributed by atoms with Crippen LogP contribution in [0.5, 0.6) is 0 Å². The lowest BCUT2D eigenvalue weighted by atomic mass is 9.83. The van der Waals surface area contributed by atoms with Crippen LogP contribution in [0.1, 0.15) is 37.8 Å². The molecule has 0 amide bonds. The van der Waals surface area contributed by atoms with Crippen LogP contribution in [0.15, 0.2) is 31.0 Å². The number of aromatic nitrogens is 2. The molecule has 0 aromatic carbocycles. The highest BCUT2D eigenvalue weighted by molar-refractivity contribution is 5.78. The van der Waals surface area contributed by atoms with E-state index in [9.17, 15) is 0 Å². The molecule has 17 heavy (non-hydrogen) atoms. The van der Waals surface area contributed by atoms with E-state index in [2.05, 4.69) is 34.7 Å². The Hall–Kier alpha value is -1.57. The SMILES string of the molecule is C=C(c1ccc2cc[nH]c2n1)C1CCCCC1. The number of nitrogens with zero attached hydrogens (tertiary/aromatic N) is 1. The molecule has 88 valence electrons. The summed E-state index contributed by atoms with van der Waals surface area (Å²) >= 11 is 0. The maximum atomic E-state index is 4.66. The van der Waals surface area contributed by atoms with Gasteiger partial charge in [-0.15, -0.1) is 0 Å². The third-order valence-electron chi connectivity index (χ3n) is 3.84. The lowest BCUT2D eigenvalue weighted by Gasteiger charge is -2.23. The van der Waals surface area contributed by atoms with Gasteiger partial charge in [-0.1, -0.05) is 25.8 Å². The van der Waals surface area contributed by atoms with Crippen molar-refractivity contribution >= 4 is 16.6 Å². The fraction of sp³-hybridized carbons (Fsp3) is 0.400. The molecule has 0 unspecified atom stereocenters. The van der Waals surface area contributed by atoms with Crippen LogP contribution in [-0.4, -0.2) is 9.97 Å². The Morgan fingerprint density at radius 1 is 1.18 bits per heavy atom. The molecular weight excluding hydrogens is 208 g/mol. The number of allylic oxidation sites excluding steroid dienone is 1. The van der Waals surface area contributed by atoms with Crippen molar-refractivity contribution < 1.29 is 0 Å². The Bertz CT molecular complexity index is 533.